The minimum absolute atomic E-state index is 0.139. The number of hydrogen-bond donors (Lipinski definition) is 1. The van der Waals surface area contributed by atoms with Gasteiger partial charge in [-0.1, -0.05) is 13.0 Å². The van der Waals surface area contributed by atoms with Crippen molar-refractivity contribution in [1.29, 1.82) is 0 Å². The number of nitrogens with zero attached hydrogens (tertiary/aromatic N) is 1. The van der Waals surface area contributed by atoms with Crippen LogP contribution in [0.2, 0.25) is 0 Å². The highest BCUT2D eigenvalue weighted by Gasteiger charge is 2.24. The van der Waals surface area contributed by atoms with Gasteiger partial charge in [0.25, 0.3) is 0 Å². The molecule has 0 aliphatic rings. The second kappa shape index (κ2) is 6.37. The van der Waals surface area contributed by atoms with Crippen molar-refractivity contribution in [3.05, 3.63) is 46.0 Å². The van der Waals surface area contributed by atoms with Gasteiger partial charge in [-0.15, -0.1) is 11.3 Å². The van der Waals surface area contributed by atoms with E-state index in [1.54, 1.807) is 11.3 Å². The Kier molecular flexibility index (Phi) is 4.80. The molecular weight excluding hydrogens is 256 g/mol. The first kappa shape index (κ1) is 14.3. The SMILES string of the molecule is CCC(N)C(c1cccs1)N(C)Cc1ccc(C)o1. The molecule has 0 radical (unpaired) electrons. The van der Waals surface area contributed by atoms with Crippen LogP contribution in [0.15, 0.2) is 34.1 Å². The zero-order valence-electron chi connectivity index (χ0n) is 11.8. The fourth-order valence-electron chi connectivity index (χ4n) is 2.35. The molecular formula is C15H22N2OS. The average molecular weight is 278 g/mol. The van der Waals surface area contributed by atoms with Crippen LogP contribution in [-0.2, 0) is 6.54 Å². The molecule has 0 aliphatic carbocycles. The van der Waals surface area contributed by atoms with Crippen molar-refractivity contribution in [3.8, 4) is 0 Å². The van der Waals surface area contributed by atoms with E-state index in [2.05, 4.69) is 36.4 Å². The summed E-state index contributed by atoms with van der Waals surface area (Å²) in [7, 11) is 2.11. The van der Waals surface area contributed by atoms with Crippen molar-refractivity contribution in [2.24, 2.45) is 5.73 Å². The molecule has 3 nitrogen and oxygen atoms in total. The molecule has 0 saturated carbocycles. The van der Waals surface area contributed by atoms with Crippen LogP contribution in [0.5, 0.6) is 0 Å². The fourth-order valence-corrected chi connectivity index (χ4v) is 3.32. The Balaban J connectivity index is 2.14. The Hall–Kier alpha value is -1.10. The molecule has 2 atom stereocenters. The summed E-state index contributed by atoms with van der Waals surface area (Å²) in [4.78, 5) is 3.60. The summed E-state index contributed by atoms with van der Waals surface area (Å²) in [5, 5.41) is 2.11. The molecule has 2 N–H and O–H groups in total. The van der Waals surface area contributed by atoms with Crippen LogP contribution >= 0.6 is 11.3 Å². The van der Waals surface area contributed by atoms with Gasteiger partial charge in [-0.05, 0) is 44.0 Å². The second-order valence-corrected chi connectivity index (χ2v) is 5.94. The second-order valence-electron chi connectivity index (χ2n) is 4.96. The van der Waals surface area contributed by atoms with E-state index in [0.717, 1.165) is 24.5 Å². The predicted octanol–water partition coefficient (Wildman–Crippen LogP) is 3.56. The van der Waals surface area contributed by atoms with Gasteiger partial charge in [0.15, 0.2) is 0 Å². The summed E-state index contributed by atoms with van der Waals surface area (Å²) in [5.74, 6) is 1.95. The Morgan fingerprint density at radius 3 is 2.68 bits per heavy atom. The molecule has 2 heterocycles. The van der Waals surface area contributed by atoms with E-state index < -0.39 is 0 Å². The van der Waals surface area contributed by atoms with Crippen molar-refractivity contribution in [2.45, 2.75) is 38.9 Å². The third-order valence-electron chi connectivity index (χ3n) is 3.39. The van der Waals surface area contributed by atoms with Crippen molar-refractivity contribution in [1.82, 2.24) is 4.90 Å². The number of aryl methyl sites for hydroxylation is 1. The number of likely N-dealkylation sites (N-methyl/N-ethyl adjacent to an activating group) is 1. The topological polar surface area (TPSA) is 42.4 Å². The quantitative estimate of drug-likeness (QED) is 0.878. The third-order valence-corrected chi connectivity index (χ3v) is 4.33. The number of nitrogens with two attached hydrogens (primary N) is 1. The van der Waals surface area contributed by atoms with Gasteiger partial charge >= 0.3 is 0 Å². The van der Waals surface area contributed by atoms with E-state index in [4.69, 9.17) is 10.2 Å². The molecule has 0 spiro atoms. The molecule has 2 aromatic rings. The smallest absolute Gasteiger partial charge is 0.118 e. The van der Waals surface area contributed by atoms with Gasteiger partial charge in [0.2, 0.25) is 0 Å². The third kappa shape index (κ3) is 3.47. The van der Waals surface area contributed by atoms with E-state index in [9.17, 15) is 0 Å². The van der Waals surface area contributed by atoms with E-state index in [1.165, 1.54) is 4.88 Å². The van der Waals surface area contributed by atoms with Gasteiger partial charge in [-0.3, -0.25) is 4.90 Å². The lowest BCUT2D eigenvalue weighted by atomic mass is 10.0. The molecule has 0 bridgehead atoms. The summed E-state index contributed by atoms with van der Waals surface area (Å²) < 4.78 is 5.66. The summed E-state index contributed by atoms with van der Waals surface area (Å²) in [6.45, 7) is 4.89. The minimum atomic E-state index is 0.139. The van der Waals surface area contributed by atoms with Gasteiger partial charge in [0.1, 0.15) is 11.5 Å². The van der Waals surface area contributed by atoms with Gasteiger partial charge in [-0.2, -0.15) is 0 Å². The summed E-state index contributed by atoms with van der Waals surface area (Å²) in [5.41, 5.74) is 6.30. The molecule has 0 aliphatic heterocycles. The molecule has 0 aromatic carbocycles. The fraction of sp³-hybridized carbons (Fsp3) is 0.467. The largest absolute Gasteiger partial charge is 0.465 e. The number of furan rings is 1. The normalized spacial score (nSPS) is 14.8. The highest BCUT2D eigenvalue weighted by atomic mass is 32.1. The van der Waals surface area contributed by atoms with Crippen molar-refractivity contribution in [2.75, 3.05) is 7.05 Å². The van der Waals surface area contributed by atoms with E-state index in [0.29, 0.717) is 0 Å². The Labute approximate surface area is 119 Å². The predicted molar refractivity (Wildman–Crippen MR) is 80.2 cm³/mol. The number of rotatable bonds is 6. The van der Waals surface area contributed by atoms with Crippen LogP contribution in [-0.4, -0.2) is 18.0 Å². The highest BCUT2D eigenvalue weighted by molar-refractivity contribution is 7.10. The zero-order valence-corrected chi connectivity index (χ0v) is 12.6. The Morgan fingerprint density at radius 2 is 2.16 bits per heavy atom. The molecule has 2 unspecified atom stereocenters. The van der Waals surface area contributed by atoms with Gasteiger partial charge in [0.05, 0.1) is 12.6 Å². The first-order valence-electron chi connectivity index (χ1n) is 6.66. The maximum atomic E-state index is 6.30. The van der Waals surface area contributed by atoms with Gasteiger partial charge in [0, 0.05) is 10.9 Å². The van der Waals surface area contributed by atoms with Gasteiger partial charge < -0.3 is 10.2 Å². The van der Waals surface area contributed by atoms with Crippen LogP contribution in [0.1, 0.15) is 35.8 Å². The van der Waals surface area contributed by atoms with Crippen molar-refractivity contribution < 1.29 is 4.42 Å². The molecule has 0 amide bonds. The Bertz CT molecular complexity index is 492. The Morgan fingerprint density at radius 1 is 1.37 bits per heavy atom. The van der Waals surface area contributed by atoms with Crippen molar-refractivity contribution >= 4 is 11.3 Å². The summed E-state index contributed by atoms with van der Waals surface area (Å²) >= 11 is 1.77. The van der Waals surface area contributed by atoms with E-state index in [1.807, 2.05) is 19.1 Å². The average Bonchev–Trinajstić information content (AvgIpc) is 3.01. The highest BCUT2D eigenvalue weighted by Crippen LogP contribution is 2.29. The van der Waals surface area contributed by atoms with E-state index in [-0.39, 0.29) is 12.1 Å². The summed E-state index contributed by atoms with van der Waals surface area (Å²) in [6.07, 6.45) is 0.962. The standard InChI is InChI=1S/C15H22N2OS/c1-4-13(16)15(14-6-5-9-19-14)17(3)10-12-8-7-11(2)18-12/h5-9,13,15H,4,10,16H2,1-3H3. The molecule has 2 rings (SSSR count). The molecule has 104 valence electrons. The van der Waals surface area contributed by atoms with Crippen LogP contribution in [0.25, 0.3) is 0 Å². The zero-order chi connectivity index (χ0) is 13.8. The monoisotopic (exact) mass is 278 g/mol. The van der Waals surface area contributed by atoms with Crippen LogP contribution in [0.3, 0.4) is 0 Å². The first-order chi connectivity index (χ1) is 9.11. The lowest BCUT2D eigenvalue weighted by Crippen LogP contribution is -2.38. The van der Waals surface area contributed by atoms with Crippen LogP contribution < -0.4 is 5.73 Å². The number of thiophene rings is 1. The number of hydrogen-bond acceptors (Lipinski definition) is 4. The van der Waals surface area contributed by atoms with Gasteiger partial charge in [-0.25, -0.2) is 0 Å². The van der Waals surface area contributed by atoms with Crippen LogP contribution in [0.4, 0.5) is 0 Å². The lowest BCUT2D eigenvalue weighted by molar-refractivity contribution is 0.190. The molecule has 4 heteroatoms. The lowest BCUT2D eigenvalue weighted by Gasteiger charge is -2.31. The molecule has 0 saturated heterocycles. The molecule has 0 fully saturated rings. The molecule has 2 aromatic heterocycles. The minimum Gasteiger partial charge on any atom is -0.465 e. The first-order valence-corrected chi connectivity index (χ1v) is 7.54. The van der Waals surface area contributed by atoms with Crippen LogP contribution in [0, 0.1) is 6.92 Å². The maximum absolute atomic E-state index is 6.30. The molecule has 19 heavy (non-hydrogen) atoms. The van der Waals surface area contributed by atoms with E-state index >= 15 is 0 Å². The summed E-state index contributed by atoms with van der Waals surface area (Å²) in [6, 6.07) is 8.67. The van der Waals surface area contributed by atoms with Crippen molar-refractivity contribution in [3.63, 3.8) is 0 Å². The maximum Gasteiger partial charge on any atom is 0.118 e.